The number of hydrogen-bond acceptors (Lipinski definition) is 6. The lowest BCUT2D eigenvalue weighted by atomic mass is 9.94. The van der Waals surface area contributed by atoms with Crippen LogP contribution in [0, 0.1) is 6.92 Å². The molecular formula is C26H30N4O3S. The maximum absolute atomic E-state index is 5.81. The highest BCUT2D eigenvalue weighted by Crippen LogP contribution is 2.38. The third kappa shape index (κ3) is 5.13. The zero-order valence-electron chi connectivity index (χ0n) is 20.0. The summed E-state index contributed by atoms with van der Waals surface area (Å²) in [5.74, 6) is 1.79. The zero-order chi connectivity index (χ0) is 24.1. The first-order chi connectivity index (χ1) is 16.5. The number of rotatable bonds is 9. The number of hydrogen-bond donors (Lipinski definition) is 1. The second-order valence-corrected chi connectivity index (χ2v) is 8.54. The lowest BCUT2D eigenvalue weighted by molar-refractivity contribution is 0.141. The summed E-state index contributed by atoms with van der Waals surface area (Å²) in [6, 6.07) is 15.7. The van der Waals surface area contributed by atoms with Gasteiger partial charge in [-0.1, -0.05) is 47.1 Å². The number of nitrogens with zero attached hydrogens (tertiary/aromatic N) is 3. The quantitative estimate of drug-likeness (QED) is 0.335. The Balaban J connectivity index is 1.74. The number of methoxy groups -OCH3 is 1. The molecule has 2 aromatic carbocycles. The topological polar surface area (TPSA) is 72.7 Å². The highest BCUT2D eigenvalue weighted by molar-refractivity contribution is 7.80. The van der Waals surface area contributed by atoms with Crippen LogP contribution in [-0.4, -0.2) is 47.0 Å². The molecule has 0 amide bonds. The summed E-state index contributed by atoms with van der Waals surface area (Å²) in [6.45, 7) is 8.20. The van der Waals surface area contributed by atoms with Crippen molar-refractivity contribution >= 4 is 22.9 Å². The second-order valence-electron chi connectivity index (χ2n) is 8.15. The highest BCUT2D eigenvalue weighted by atomic mass is 32.1. The predicted octanol–water partition coefficient (Wildman–Crippen LogP) is 5.14. The largest absolute Gasteiger partial charge is 0.497 e. The Bertz CT molecular complexity index is 1170. The van der Waals surface area contributed by atoms with Crippen molar-refractivity contribution in [3.63, 3.8) is 0 Å². The van der Waals surface area contributed by atoms with Crippen molar-refractivity contribution in [3.8, 4) is 17.1 Å². The van der Waals surface area contributed by atoms with E-state index in [0.717, 1.165) is 41.1 Å². The first-order valence-corrected chi connectivity index (χ1v) is 11.8. The Morgan fingerprint density at radius 3 is 2.68 bits per heavy atom. The van der Waals surface area contributed by atoms with Gasteiger partial charge in [-0.2, -0.15) is 4.98 Å². The standard InChI is InChI=1S/C26H30N4O3S/c1-5-32-15-7-14-30-18(3)22(23(27-26(30)34)20-8-6-9-21(16-20)31-4)25-28-24(29-33-25)19-12-10-17(2)11-13-19/h6,8-13,16,23H,5,7,14-15H2,1-4H3,(H,27,34). The number of allylic oxidation sites excluding steroid dienone is 1. The normalized spacial score (nSPS) is 16.1. The molecule has 0 bridgehead atoms. The van der Waals surface area contributed by atoms with E-state index in [1.54, 1.807) is 7.11 Å². The molecule has 178 valence electrons. The molecule has 1 aliphatic heterocycles. The maximum Gasteiger partial charge on any atom is 0.258 e. The Morgan fingerprint density at radius 2 is 1.94 bits per heavy atom. The van der Waals surface area contributed by atoms with Gasteiger partial charge in [0.25, 0.3) is 5.89 Å². The molecule has 7 nitrogen and oxygen atoms in total. The molecule has 1 aromatic heterocycles. The smallest absolute Gasteiger partial charge is 0.258 e. The summed E-state index contributed by atoms with van der Waals surface area (Å²) in [6.07, 6.45) is 0.850. The lowest BCUT2D eigenvalue weighted by Crippen LogP contribution is -2.46. The van der Waals surface area contributed by atoms with E-state index in [0.29, 0.717) is 30.0 Å². The molecule has 0 fully saturated rings. The van der Waals surface area contributed by atoms with Gasteiger partial charge >= 0.3 is 0 Å². The maximum atomic E-state index is 5.81. The molecule has 1 aliphatic rings. The summed E-state index contributed by atoms with van der Waals surface area (Å²) in [5.41, 5.74) is 4.96. The fourth-order valence-corrected chi connectivity index (χ4v) is 4.37. The van der Waals surface area contributed by atoms with Crippen LogP contribution in [0.25, 0.3) is 17.0 Å². The number of aryl methyl sites for hydroxylation is 1. The minimum atomic E-state index is -0.253. The van der Waals surface area contributed by atoms with Crippen molar-refractivity contribution in [1.29, 1.82) is 0 Å². The number of thiocarbonyl (C=S) groups is 1. The van der Waals surface area contributed by atoms with Gasteiger partial charge in [-0.3, -0.25) is 0 Å². The second kappa shape index (κ2) is 10.8. The van der Waals surface area contributed by atoms with E-state index >= 15 is 0 Å². The van der Waals surface area contributed by atoms with Crippen molar-refractivity contribution in [2.75, 3.05) is 26.9 Å². The van der Waals surface area contributed by atoms with Crippen LogP contribution >= 0.6 is 12.2 Å². The molecule has 3 aromatic rings. The fourth-order valence-electron chi connectivity index (χ4n) is 4.02. The van der Waals surface area contributed by atoms with Gasteiger partial charge in [-0.25, -0.2) is 0 Å². The van der Waals surface area contributed by atoms with Crippen LogP contribution < -0.4 is 10.1 Å². The molecule has 0 saturated heterocycles. The van der Waals surface area contributed by atoms with E-state index in [-0.39, 0.29) is 6.04 Å². The van der Waals surface area contributed by atoms with Crippen molar-refractivity contribution in [3.05, 3.63) is 71.2 Å². The summed E-state index contributed by atoms with van der Waals surface area (Å²) in [4.78, 5) is 6.85. The van der Waals surface area contributed by atoms with Crippen molar-refractivity contribution in [2.24, 2.45) is 0 Å². The fraction of sp³-hybridized carbons (Fsp3) is 0.346. The number of nitrogens with one attached hydrogen (secondary N) is 1. The first kappa shape index (κ1) is 23.9. The molecule has 1 atom stereocenters. The first-order valence-electron chi connectivity index (χ1n) is 11.4. The average molecular weight is 479 g/mol. The number of benzene rings is 2. The minimum Gasteiger partial charge on any atom is -0.497 e. The predicted molar refractivity (Wildman–Crippen MR) is 136 cm³/mol. The van der Waals surface area contributed by atoms with Gasteiger partial charge in [-0.15, -0.1) is 0 Å². The van der Waals surface area contributed by atoms with Crippen molar-refractivity contribution < 1.29 is 14.0 Å². The summed E-state index contributed by atoms with van der Waals surface area (Å²) >= 11 is 5.76. The summed E-state index contributed by atoms with van der Waals surface area (Å²) < 4.78 is 16.8. The van der Waals surface area contributed by atoms with Crippen LogP contribution in [0.15, 0.2) is 58.8 Å². The van der Waals surface area contributed by atoms with Gasteiger partial charge in [-0.05, 0) is 57.1 Å². The Labute approximate surface area is 205 Å². The van der Waals surface area contributed by atoms with Gasteiger partial charge in [0.2, 0.25) is 5.82 Å². The molecule has 0 spiro atoms. The molecular weight excluding hydrogens is 448 g/mol. The summed E-state index contributed by atoms with van der Waals surface area (Å²) in [5, 5.41) is 8.42. The molecule has 34 heavy (non-hydrogen) atoms. The summed E-state index contributed by atoms with van der Waals surface area (Å²) in [7, 11) is 1.66. The van der Waals surface area contributed by atoms with Gasteiger partial charge in [0.15, 0.2) is 5.11 Å². The minimum absolute atomic E-state index is 0.253. The highest BCUT2D eigenvalue weighted by Gasteiger charge is 2.34. The van der Waals surface area contributed by atoms with E-state index in [9.17, 15) is 0 Å². The molecule has 1 N–H and O–H groups in total. The van der Waals surface area contributed by atoms with Crippen LogP contribution in [0.4, 0.5) is 0 Å². The third-order valence-electron chi connectivity index (χ3n) is 5.86. The molecule has 1 unspecified atom stereocenters. The lowest BCUT2D eigenvalue weighted by Gasteiger charge is -2.37. The Kier molecular flexibility index (Phi) is 7.59. The molecule has 0 aliphatic carbocycles. The molecule has 8 heteroatoms. The van der Waals surface area contributed by atoms with E-state index < -0.39 is 0 Å². The van der Waals surface area contributed by atoms with E-state index in [4.69, 9.17) is 31.2 Å². The monoisotopic (exact) mass is 478 g/mol. The SMILES string of the molecule is CCOCCCN1C(=S)NC(c2cccc(OC)c2)C(c2nc(-c3ccc(C)cc3)no2)=C1C. The molecule has 0 radical (unpaired) electrons. The Morgan fingerprint density at radius 1 is 1.15 bits per heavy atom. The van der Waals surface area contributed by atoms with Crippen LogP contribution in [0.2, 0.25) is 0 Å². The zero-order valence-corrected chi connectivity index (χ0v) is 20.8. The third-order valence-corrected chi connectivity index (χ3v) is 6.20. The molecule has 4 rings (SSSR count). The van der Waals surface area contributed by atoms with E-state index in [2.05, 4.69) is 22.3 Å². The Hall–Kier alpha value is -3.23. The van der Waals surface area contributed by atoms with Crippen LogP contribution in [0.1, 0.15) is 43.3 Å². The van der Waals surface area contributed by atoms with Crippen molar-refractivity contribution in [1.82, 2.24) is 20.4 Å². The number of ether oxygens (including phenoxy) is 2. The van der Waals surface area contributed by atoms with Gasteiger partial charge < -0.3 is 24.2 Å². The average Bonchev–Trinajstić information content (AvgIpc) is 3.33. The van der Waals surface area contributed by atoms with Crippen LogP contribution in [0.3, 0.4) is 0 Å². The molecule has 2 heterocycles. The van der Waals surface area contributed by atoms with Gasteiger partial charge in [0, 0.05) is 31.0 Å². The van der Waals surface area contributed by atoms with Crippen LogP contribution in [0.5, 0.6) is 5.75 Å². The van der Waals surface area contributed by atoms with Crippen molar-refractivity contribution in [2.45, 2.75) is 33.2 Å². The van der Waals surface area contributed by atoms with Gasteiger partial charge in [0.1, 0.15) is 5.75 Å². The van der Waals surface area contributed by atoms with Crippen LogP contribution in [-0.2, 0) is 4.74 Å². The van der Waals surface area contributed by atoms with E-state index in [1.165, 1.54) is 5.56 Å². The van der Waals surface area contributed by atoms with Gasteiger partial charge in [0.05, 0.1) is 18.7 Å². The number of aromatic nitrogens is 2. The molecule has 0 saturated carbocycles. The van der Waals surface area contributed by atoms with E-state index in [1.807, 2.05) is 62.4 Å².